The molecule has 1 aromatic heterocycles. The van der Waals surface area contributed by atoms with E-state index in [9.17, 15) is 9.59 Å². The van der Waals surface area contributed by atoms with Crippen molar-refractivity contribution in [3.8, 4) is 0 Å². The van der Waals surface area contributed by atoms with Crippen LogP contribution in [0.3, 0.4) is 0 Å². The number of carbonyl (C=O) groups excluding carboxylic acids is 1. The van der Waals surface area contributed by atoms with Gasteiger partial charge in [-0.25, -0.2) is 4.98 Å². The summed E-state index contributed by atoms with van der Waals surface area (Å²) in [6.45, 7) is 0.446. The number of H-pyrrole nitrogens is 1. The summed E-state index contributed by atoms with van der Waals surface area (Å²) in [5.74, 6) is 0.0586. The summed E-state index contributed by atoms with van der Waals surface area (Å²) in [5.41, 5.74) is -0.344. The van der Waals surface area contributed by atoms with Crippen LogP contribution < -0.4 is 10.5 Å². The van der Waals surface area contributed by atoms with Gasteiger partial charge in [0, 0.05) is 30.6 Å². The van der Waals surface area contributed by atoms with E-state index in [1.165, 1.54) is 17.3 Å². The van der Waals surface area contributed by atoms with E-state index in [2.05, 4.69) is 22.6 Å². The van der Waals surface area contributed by atoms with Gasteiger partial charge in [-0.1, -0.05) is 0 Å². The predicted molar refractivity (Wildman–Crippen MR) is 54.6 cm³/mol. The van der Waals surface area contributed by atoms with Gasteiger partial charge in [0.15, 0.2) is 0 Å². The van der Waals surface area contributed by atoms with E-state index in [0.717, 1.165) is 0 Å². The Labute approximate surface area is 85.6 Å². The standard InChI is InChI=1S/C8H9N3O2S/c12-6-3-5(14)4-11(6)7-8(13)10-2-1-9-7/h1-2,5,14H,3-4H2,(H,10,13). The summed E-state index contributed by atoms with van der Waals surface area (Å²) in [5, 5.41) is -0.0103. The second kappa shape index (κ2) is 3.45. The van der Waals surface area contributed by atoms with Gasteiger partial charge in [-0.05, 0) is 0 Å². The number of thiol groups is 1. The molecular formula is C8H9N3O2S. The van der Waals surface area contributed by atoms with Crippen molar-refractivity contribution in [1.29, 1.82) is 0 Å². The van der Waals surface area contributed by atoms with Crippen LogP contribution in [0.1, 0.15) is 6.42 Å². The Morgan fingerprint density at radius 2 is 2.36 bits per heavy atom. The zero-order valence-corrected chi connectivity index (χ0v) is 8.20. The van der Waals surface area contributed by atoms with Gasteiger partial charge in [0.25, 0.3) is 5.56 Å². The van der Waals surface area contributed by atoms with E-state index in [1.54, 1.807) is 0 Å². The molecule has 1 atom stereocenters. The third kappa shape index (κ3) is 1.52. The lowest BCUT2D eigenvalue weighted by Crippen LogP contribution is -2.31. The molecule has 0 saturated carbocycles. The van der Waals surface area contributed by atoms with Gasteiger partial charge < -0.3 is 4.98 Å². The first-order valence-electron chi connectivity index (χ1n) is 4.20. The highest BCUT2D eigenvalue weighted by Crippen LogP contribution is 2.18. The van der Waals surface area contributed by atoms with E-state index in [0.29, 0.717) is 13.0 Å². The van der Waals surface area contributed by atoms with Crippen molar-refractivity contribution < 1.29 is 4.79 Å². The van der Waals surface area contributed by atoms with Crippen LogP contribution in [0.4, 0.5) is 5.82 Å². The van der Waals surface area contributed by atoms with Crippen LogP contribution in [-0.4, -0.2) is 27.7 Å². The molecule has 1 aliphatic heterocycles. The molecule has 1 fully saturated rings. The minimum atomic E-state index is -0.344. The number of aromatic nitrogens is 2. The Morgan fingerprint density at radius 3 is 2.93 bits per heavy atom. The van der Waals surface area contributed by atoms with Crippen molar-refractivity contribution in [3.05, 3.63) is 22.7 Å². The summed E-state index contributed by atoms with van der Waals surface area (Å²) in [6.07, 6.45) is 3.25. The number of hydrogen-bond acceptors (Lipinski definition) is 4. The first kappa shape index (κ1) is 9.26. The zero-order valence-electron chi connectivity index (χ0n) is 7.30. The van der Waals surface area contributed by atoms with Crippen LogP contribution in [0.2, 0.25) is 0 Å². The number of nitrogens with one attached hydrogen (secondary N) is 1. The average molecular weight is 211 g/mol. The summed E-state index contributed by atoms with van der Waals surface area (Å²) in [7, 11) is 0. The third-order valence-corrected chi connectivity index (χ3v) is 2.40. The fraction of sp³-hybridized carbons (Fsp3) is 0.375. The van der Waals surface area contributed by atoms with Crippen LogP contribution in [0.5, 0.6) is 0 Å². The van der Waals surface area contributed by atoms with E-state index in [-0.39, 0.29) is 22.5 Å². The summed E-state index contributed by atoms with van der Waals surface area (Å²) >= 11 is 4.19. The summed E-state index contributed by atoms with van der Waals surface area (Å²) in [6, 6.07) is 0. The van der Waals surface area contributed by atoms with E-state index in [4.69, 9.17) is 0 Å². The SMILES string of the molecule is O=C1CC(S)CN1c1ncc[nH]c1=O. The molecule has 1 aliphatic rings. The van der Waals surface area contributed by atoms with Gasteiger partial charge in [-0.2, -0.15) is 12.6 Å². The van der Waals surface area contributed by atoms with Gasteiger partial charge >= 0.3 is 0 Å². The summed E-state index contributed by atoms with van der Waals surface area (Å²) < 4.78 is 0. The highest BCUT2D eigenvalue weighted by molar-refractivity contribution is 7.81. The second-order valence-corrected chi connectivity index (χ2v) is 3.83. The molecule has 14 heavy (non-hydrogen) atoms. The topological polar surface area (TPSA) is 66.1 Å². The fourth-order valence-electron chi connectivity index (χ4n) is 1.43. The molecule has 1 amide bonds. The number of aromatic amines is 1. The van der Waals surface area contributed by atoms with Gasteiger partial charge in [-0.3, -0.25) is 14.5 Å². The molecule has 0 radical (unpaired) electrons. The molecule has 0 spiro atoms. The number of amides is 1. The molecule has 1 unspecified atom stereocenters. The first-order chi connectivity index (χ1) is 6.68. The van der Waals surface area contributed by atoms with Crippen molar-refractivity contribution in [2.24, 2.45) is 0 Å². The van der Waals surface area contributed by atoms with Crippen LogP contribution in [0.25, 0.3) is 0 Å². The lowest BCUT2D eigenvalue weighted by atomic mass is 10.4. The molecule has 1 saturated heterocycles. The van der Waals surface area contributed by atoms with Crippen molar-refractivity contribution in [2.45, 2.75) is 11.7 Å². The number of anilines is 1. The van der Waals surface area contributed by atoms with Crippen molar-refractivity contribution >= 4 is 24.4 Å². The Kier molecular flexibility index (Phi) is 2.28. The first-order valence-corrected chi connectivity index (χ1v) is 4.72. The smallest absolute Gasteiger partial charge is 0.291 e. The molecule has 5 nitrogen and oxygen atoms in total. The molecule has 6 heteroatoms. The quantitative estimate of drug-likeness (QED) is 0.632. The highest BCUT2D eigenvalue weighted by atomic mass is 32.1. The Bertz CT molecular complexity index is 417. The number of rotatable bonds is 1. The predicted octanol–water partition coefficient (Wildman–Crippen LogP) is -0.195. The molecule has 1 aromatic rings. The molecule has 0 aliphatic carbocycles. The third-order valence-electron chi connectivity index (χ3n) is 2.05. The van der Waals surface area contributed by atoms with Gasteiger partial charge in [0.1, 0.15) is 0 Å². The van der Waals surface area contributed by atoms with Crippen LogP contribution in [-0.2, 0) is 4.79 Å². The monoisotopic (exact) mass is 211 g/mol. The highest BCUT2D eigenvalue weighted by Gasteiger charge is 2.30. The summed E-state index contributed by atoms with van der Waals surface area (Å²) in [4.78, 5) is 30.5. The molecule has 74 valence electrons. The molecule has 0 bridgehead atoms. The van der Waals surface area contributed by atoms with Crippen molar-refractivity contribution in [3.63, 3.8) is 0 Å². The lowest BCUT2D eigenvalue weighted by molar-refractivity contribution is -0.117. The average Bonchev–Trinajstić information content (AvgIpc) is 2.46. The number of hydrogen-bond donors (Lipinski definition) is 2. The molecule has 1 N–H and O–H groups in total. The Balaban J connectivity index is 2.37. The molecular weight excluding hydrogens is 202 g/mol. The molecule has 0 aromatic carbocycles. The molecule has 2 heterocycles. The fourth-order valence-corrected chi connectivity index (χ4v) is 1.75. The van der Waals surface area contributed by atoms with E-state index < -0.39 is 0 Å². The Morgan fingerprint density at radius 1 is 1.57 bits per heavy atom. The van der Waals surface area contributed by atoms with Crippen molar-refractivity contribution in [2.75, 3.05) is 11.4 Å². The normalized spacial score (nSPS) is 21.6. The maximum Gasteiger partial charge on any atom is 0.291 e. The number of carbonyl (C=O) groups is 1. The van der Waals surface area contributed by atoms with Crippen molar-refractivity contribution in [1.82, 2.24) is 9.97 Å². The minimum Gasteiger partial charge on any atom is -0.324 e. The second-order valence-electron chi connectivity index (χ2n) is 3.10. The largest absolute Gasteiger partial charge is 0.324 e. The van der Waals surface area contributed by atoms with Gasteiger partial charge in [0.2, 0.25) is 11.7 Å². The molecule has 2 rings (SSSR count). The van der Waals surface area contributed by atoms with Crippen LogP contribution in [0.15, 0.2) is 17.2 Å². The Hall–Kier alpha value is -1.30. The van der Waals surface area contributed by atoms with Gasteiger partial charge in [-0.15, -0.1) is 0 Å². The van der Waals surface area contributed by atoms with Crippen LogP contribution in [0, 0.1) is 0 Å². The minimum absolute atomic E-state index is 0.0103. The lowest BCUT2D eigenvalue weighted by Gasteiger charge is -2.12. The van der Waals surface area contributed by atoms with Gasteiger partial charge in [0.05, 0.1) is 0 Å². The maximum absolute atomic E-state index is 11.4. The zero-order chi connectivity index (χ0) is 10.1. The van der Waals surface area contributed by atoms with E-state index >= 15 is 0 Å². The maximum atomic E-state index is 11.4. The van der Waals surface area contributed by atoms with Crippen LogP contribution >= 0.6 is 12.6 Å². The van der Waals surface area contributed by atoms with E-state index in [1.807, 2.05) is 0 Å². The number of nitrogens with zero attached hydrogens (tertiary/aromatic N) is 2.